The second-order valence-electron chi connectivity index (χ2n) is 3.13. The first-order valence-corrected chi connectivity index (χ1v) is 5.23. The van der Waals surface area contributed by atoms with Gasteiger partial charge in [0.2, 0.25) is 5.78 Å². The molecule has 1 aromatic rings. The molecule has 0 aromatic heterocycles. The summed E-state index contributed by atoms with van der Waals surface area (Å²) < 4.78 is 5.31. The van der Waals surface area contributed by atoms with Gasteiger partial charge < -0.3 is 4.74 Å². The van der Waals surface area contributed by atoms with Crippen molar-refractivity contribution in [2.45, 2.75) is 12.8 Å². The molecule has 3 nitrogen and oxygen atoms in total. The summed E-state index contributed by atoms with van der Waals surface area (Å²) in [5.41, 5.74) is 0.800. The largest absolute Gasteiger partial charge is 0.463 e. The number of hydrogen-bond donors (Lipinski definition) is 0. The Bertz CT molecular complexity index is 370. The van der Waals surface area contributed by atoms with Crippen LogP contribution >= 0.6 is 15.9 Å². The van der Waals surface area contributed by atoms with Crippen molar-refractivity contribution in [3.63, 3.8) is 0 Å². The van der Waals surface area contributed by atoms with Gasteiger partial charge in [-0.05, 0) is 17.7 Å². The van der Waals surface area contributed by atoms with E-state index in [0.29, 0.717) is 0 Å². The van der Waals surface area contributed by atoms with Gasteiger partial charge in [0.15, 0.2) is 0 Å². The lowest BCUT2D eigenvalue weighted by Gasteiger charge is -2.08. The van der Waals surface area contributed by atoms with Crippen LogP contribution in [0.5, 0.6) is 0 Å². The molecule has 1 unspecified atom stereocenters. The monoisotopic (exact) mass is 270 g/mol. The molecule has 80 valence electrons. The summed E-state index contributed by atoms with van der Waals surface area (Å²) in [5.74, 6) is -1.80. The number of ketones is 1. The molecule has 0 radical (unpaired) electrons. The van der Waals surface area contributed by atoms with Crippen molar-refractivity contribution in [2.24, 2.45) is 0 Å². The highest BCUT2D eigenvalue weighted by Gasteiger charge is 2.23. The quantitative estimate of drug-likeness (QED) is 0.625. The number of esters is 1. The number of benzene rings is 1. The molecule has 0 bridgehead atoms. The first-order valence-electron chi connectivity index (χ1n) is 4.44. The Balaban J connectivity index is 2.85. The zero-order chi connectivity index (χ0) is 11.4. The van der Waals surface area contributed by atoms with Crippen LogP contribution in [-0.4, -0.2) is 18.9 Å². The molecule has 15 heavy (non-hydrogen) atoms. The SMILES string of the molecule is COC(=O)C(=O)C(C)c1ccc(Br)cc1. The fourth-order valence-corrected chi connectivity index (χ4v) is 1.44. The van der Waals surface area contributed by atoms with E-state index >= 15 is 0 Å². The van der Waals surface area contributed by atoms with E-state index in [1.807, 2.05) is 12.1 Å². The number of halogens is 1. The summed E-state index contributed by atoms with van der Waals surface area (Å²) in [6, 6.07) is 7.26. The fraction of sp³-hybridized carbons (Fsp3) is 0.273. The molecule has 1 aromatic carbocycles. The smallest absolute Gasteiger partial charge is 0.374 e. The van der Waals surface area contributed by atoms with Crippen LogP contribution in [0, 0.1) is 0 Å². The zero-order valence-electron chi connectivity index (χ0n) is 8.49. The van der Waals surface area contributed by atoms with Gasteiger partial charge in [0.25, 0.3) is 0 Å². The van der Waals surface area contributed by atoms with Gasteiger partial charge in [0.05, 0.1) is 13.0 Å². The minimum atomic E-state index is -0.801. The van der Waals surface area contributed by atoms with Gasteiger partial charge >= 0.3 is 5.97 Å². The van der Waals surface area contributed by atoms with Crippen LogP contribution < -0.4 is 0 Å². The number of methoxy groups -OCH3 is 1. The fourth-order valence-electron chi connectivity index (χ4n) is 1.18. The number of ether oxygens (including phenoxy) is 1. The summed E-state index contributed by atoms with van der Waals surface area (Å²) in [6.45, 7) is 1.68. The molecule has 1 rings (SSSR count). The zero-order valence-corrected chi connectivity index (χ0v) is 10.1. The van der Waals surface area contributed by atoms with Crippen LogP contribution in [0.3, 0.4) is 0 Å². The van der Waals surface area contributed by atoms with E-state index in [9.17, 15) is 9.59 Å². The lowest BCUT2D eigenvalue weighted by atomic mass is 9.97. The minimum Gasteiger partial charge on any atom is -0.463 e. The number of Topliss-reactive ketones (excluding diaryl/α,β-unsaturated/α-hetero) is 1. The first kappa shape index (κ1) is 11.9. The maximum Gasteiger partial charge on any atom is 0.374 e. The molecule has 0 aliphatic rings. The standard InChI is InChI=1S/C11H11BrO3/c1-7(10(13)11(14)15-2)8-3-5-9(12)6-4-8/h3-7H,1-2H3. The van der Waals surface area contributed by atoms with Gasteiger partial charge in [-0.3, -0.25) is 4.79 Å². The van der Waals surface area contributed by atoms with Crippen molar-refractivity contribution in [1.82, 2.24) is 0 Å². The average Bonchev–Trinajstić information content (AvgIpc) is 2.27. The molecule has 0 aliphatic heterocycles. The Labute approximate surface area is 96.6 Å². The molecule has 0 saturated heterocycles. The first-order chi connectivity index (χ1) is 7.06. The summed E-state index contributed by atoms with van der Waals surface area (Å²) in [6.07, 6.45) is 0. The van der Waals surface area contributed by atoms with E-state index in [2.05, 4.69) is 20.7 Å². The summed E-state index contributed by atoms with van der Waals surface area (Å²) in [5, 5.41) is 0. The van der Waals surface area contributed by atoms with E-state index in [4.69, 9.17) is 0 Å². The Morgan fingerprint density at radius 1 is 1.27 bits per heavy atom. The maximum atomic E-state index is 11.5. The van der Waals surface area contributed by atoms with E-state index in [1.165, 1.54) is 7.11 Å². The van der Waals surface area contributed by atoms with Crippen LogP contribution in [0.4, 0.5) is 0 Å². The second kappa shape index (κ2) is 5.07. The van der Waals surface area contributed by atoms with Crippen LogP contribution in [0.15, 0.2) is 28.7 Å². The topological polar surface area (TPSA) is 43.4 Å². The minimum absolute atomic E-state index is 0.467. The van der Waals surface area contributed by atoms with Crippen LogP contribution in [0.2, 0.25) is 0 Å². The van der Waals surface area contributed by atoms with Crippen LogP contribution in [0.25, 0.3) is 0 Å². The van der Waals surface area contributed by atoms with E-state index in [1.54, 1.807) is 19.1 Å². The Morgan fingerprint density at radius 2 is 1.80 bits per heavy atom. The maximum absolute atomic E-state index is 11.5. The number of hydrogen-bond acceptors (Lipinski definition) is 3. The van der Waals surface area contributed by atoms with Crippen molar-refractivity contribution in [3.05, 3.63) is 34.3 Å². The molecule has 0 fully saturated rings. The lowest BCUT2D eigenvalue weighted by Crippen LogP contribution is -2.21. The molecule has 0 spiro atoms. The number of carbonyl (C=O) groups is 2. The van der Waals surface area contributed by atoms with Crippen molar-refractivity contribution >= 4 is 27.7 Å². The van der Waals surface area contributed by atoms with E-state index < -0.39 is 17.7 Å². The van der Waals surface area contributed by atoms with Crippen molar-refractivity contribution < 1.29 is 14.3 Å². The molecular weight excluding hydrogens is 260 g/mol. The third-order valence-corrected chi connectivity index (χ3v) is 2.68. The Kier molecular flexibility index (Phi) is 4.03. The van der Waals surface area contributed by atoms with Crippen molar-refractivity contribution in [3.8, 4) is 0 Å². The predicted octanol–water partition coefficient (Wildman–Crippen LogP) is 2.29. The lowest BCUT2D eigenvalue weighted by molar-refractivity contribution is -0.152. The number of carbonyl (C=O) groups excluding carboxylic acids is 2. The third kappa shape index (κ3) is 2.89. The van der Waals surface area contributed by atoms with Gasteiger partial charge in [-0.15, -0.1) is 0 Å². The third-order valence-electron chi connectivity index (χ3n) is 2.15. The van der Waals surface area contributed by atoms with E-state index in [0.717, 1.165) is 10.0 Å². The molecule has 0 aliphatic carbocycles. The molecule has 0 amide bonds. The highest BCUT2D eigenvalue weighted by Crippen LogP contribution is 2.19. The van der Waals surface area contributed by atoms with Crippen molar-refractivity contribution in [2.75, 3.05) is 7.11 Å². The highest BCUT2D eigenvalue weighted by atomic mass is 79.9. The molecule has 1 atom stereocenters. The summed E-state index contributed by atoms with van der Waals surface area (Å²) in [4.78, 5) is 22.5. The Morgan fingerprint density at radius 3 is 2.27 bits per heavy atom. The van der Waals surface area contributed by atoms with Gasteiger partial charge in [0, 0.05) is 4.47 Å². The van der Waals surface area contributed by atoms with Gasteiger partial charge in [-0.1, -0.05) is 35.0 Å². The molecule has 4 heteroatoms. The Hall–Kier alpha value is -1.16. The van der Waals surface area contributed by atoms with Gasteiger partial charge in [-0.25, -0.2) is 4.79 Å². The van der Waals surface area contributed by atoms with Crippen LogP contribution in [-0.2, 0) is 14.3 Å². The molecule has 0 saturated carbocycles. The molecule has 0 N–H and O–H groups in total. The van der Waals surface area contributed by atoms with Gasteiger partial charge in [-0.2, -0.15) is 0 Å². The van der Waals surface area contributed by atoms with Crippen LogP contribution in [0.1, 0.15) is 18.4 Å². The number of rotatable bonds is 3. The summed E-state index contributed by atoms with van der Waals surface area (Å²) >= 11 is 3.30. The van der Waals surface area contributed by atoms with Crippen molar-refractivity contribution in [1.29, 1.82) is 0 Å². The van der Waals surface area contributed by atoms with E-state index in [-0.39, 0.29) is 0 Å². The predicted molar refractivity (Wildman–Crippen MR) is 59.6 cm³/mol. The van der Waals surface area contributed by atoms with Gasteiger partial charge in [0.1, 0.15) is 0 Å². The molecule has 0 heterocycles. The summed E-state index contributed by atoms with van der Waals surface area (Å²) in [7, 11) is 1.20. The second-order valence-corrected chi connectivity index (χ2v) is 4.04. The highest BCUT2D eigenvalue weighted by molar-refractivity contribution is 9.10. The molecular formula is C11H11BrO3. The normalized spacial score (nSPS) is 11.9. The average molecular weight is 271 g/mol.